The van der Waals surface area contributed by atoms with Crippen molar-refractivity contribution in [1.29, 1.82) is 0 Å². The fraction of sp³-hybridized carbons (Fsp3) is 0.640. The number of piperidine rings is 1. The summed E-state index contributed by atoms with van der Waals surface area (Å²) >= 11 is 0. The molecule has 2 N–H and O–H groups in total. The summed E-state index contributed by atoms with van der Waals surface area (Å²) in [4.78, 5) is 18.3. The number of benzene rings is 1. The van der Waals surface area contributed by atoms with Crippen molar-refractivity contribution in [2.24, 2.45) is 0 Å². The molecule has 172 valence electrons. The molecule has 32 heavy (non-hydrogen) atoms. The van der Waals surface area contributed by atoms with E-state index in [9.17, 15) is 4.79 Å². The van der Waals surface area contributed by atoms with Crippen LogP contribution in [0.15, 0.2) is 23.9 Å². The summed E-state index contributed by atoms with van der Waals surface area (Å²) in [5, 5.41) is 7.25. The number of nitrogens with zero attached hydrogens (tertiary/aromatic N) is 2. The van der Waals surface area contributed by atoms with Gasteiger partial charge in [0, 0.05) is 55.2 Å². The van der Waals surface area contributed by atoms with E-state index in [0.717, 1.165) is 60.8 Å². The third-order valence-corrected chi connectivity index (χ3v) is 8.12. The van der Waals surface area contributed by atoms with Gasteiger partial charge in [-0.3, -0.25) is 4.79 Å². The number of anilines is 2. The van der Waals surface area contributed by atoms with Crippen molar-refractivity contribution in [2.45, 2.75) is 62.7 Å². The second-order valence-electron chi connectivity index (χ2n) is 9.95. The predicted octanol–water partition coefficient (Wildman–Crippen LogP) is 2.58. The maximum absolute atomic E-state index is 13.7. The minimum atomic E-state index is 0.106. The lowest BCUT2D eigenvalue weighted by molar-refractivity contribution is -0.113. The molecule has 0 radical (unpaired) electrons. The largest absolute Gasteiger partial charge is 0.383 e. The molecule has 2 bridgehead atoms. The van der Waals surface area contributed by atoms with Gasteiger partial charge in [-0.2, -0.15) is 0 Å². The Kier molecular flexibility index (Phi) is 5.36. The highest BCUT2D eigenvalue weighted by molar-refractivity contribution is 6.33. The summed E-state index contributed by atoms with van der Waals surface area (Å²) in [6.07, 6.45) is 6.80. The van der Waals surface area contributed by atoms with Crippen LogP contribution in [0.3, 0.4) is 0 Å². The Labute approximate surface area is 190 Å². The molecule has 1 aromatic carbocycles. The number of fused-ring (bicyclic) bond motifs is 3. The van der Waals surface area contributed by atoms with E-state index in [1.165, 1.54) is 25.7 Å². The normalized spacial score (nSPS) is 33.3. The molecule has 6 rings (SSSR count). The first-order chi connectivity index (χ1) is 15.7. The van der Waals surface area contributed by atoms with Gasteiger partial charge in [-0.25, -0.2) is 0 Å². The zero-order chi connectivity index (χ0) is 21.7. The number of hydrogen-bond acceptors (Lipinski definition) is 6. The van der Waals surface area contributed by atoms with E-state index >= 15 is 0 Å². The van der Waals surface area contributed by atoms with Gasteiger partial charge in [0.2, 0.25) is 0 Å². The number of morpholine rings is 1. The molecule has 0 aliphatic carbocycles. The number of carbonyl (C=O) groups is 1. The Morgan fingerprint density at radius 3 is 2.50 bits per heavy atom. The van der Waals surface area contributed by atoms with Gasteiger partial charge in [-0.15, -0.1) is 0 Å². The van der Waals surface area contributed by atoms with E-state index in [1.54, 1.807) is 0 Å². The van der Waals surface area contributed by atoms with Crippen molar-refractivity contribution in [3.05, 3.63) is 29.5 Å². The van der Waals surface area contributed by atoms with Crippen LogP contribution in [0.4, 0.5) is 11.4 Å². The molecule has 0 spiro atoms. The number of nitrogens with one attached hydrogen (secondary N) is 2. The molecular weight excluding hydrogens is 404 g/mol. The van der Waals surface area contributed by atoms with Crippen LogP contribution in [-0.2, 0) is 14.3 Å². The second-order valence-corrected chi connectivity index (χ2v) is 9.95. The molecule has 4 fully saturated rings. The zero-order valence-electron chi connectivity index (χ0n) is 18.9. The summed E-state index contributed by atoms with van der Waals surface area (Å²) in [6.45, 7) is 3.33. The lowest BCUT2D eigenvalue weighted by Gasteiger charge is -2.37. The molecule has 7 heteroatoms. The second kappa shape index (κ2) is 8.36. The Balaban J connectivity index is 1.32. The Morgan fingerprint density at radius 2 is 1.78 bits per heavy atom. The molecule has 3 atom stereocenters. The molecule has 0 aromatic heterocycles. The van der Waals surface area contributed by atoms with E-state index in [2.05, 4.69) is 40.8 Å². The smallest absolute Gasteiger partial charge is 0.261 e. The average molecular weight is 439 g/mol. The third kappa shape index (κ3) is 3.51. The fourth-order valence-corrected chi connectivity index (χ4v) is 6.40. The first-order valence-electron chi connectivity index (χ1n) is 12.3. The molecule has 5 aliphatic heterocycles. The predicted molar refractivity (Wildman–Crippen MR) is 125 cm³/mol. The van der Waals surface area contributed by atoms with E-state index in [-0.39, 0.29) is 11.9 Å². The van der Waals surface area contributed by atoms with Crippen LogP contribution >= 0.6 is 0 Å². The Bertz CT molecular complexity index is 904. The Morgan fingerprint density at radius 1 is 1.00 bits per heavy atom. The molecule has 0 saturated carbocycles. The zero-order valence-corrected chi connectivity index (χ0v) is 18.9. The van der Waals surface area contributed by atoms with Crippen LogP contribution < -0.4 is 15.5 Å². The lowest BCUT2D eigenvalue weighted by Crippen LogP contribution is -2.44. The quantitative estimate of drug-likeness (QED) is 0.708. The van der Waals surface area contributed by atoms with E-state index in [0.29, 0.717) is 31.3 Å². The van der Waals surface area contributed by atoms with Gasteiger partial charge in [-0.1, -0.05) is 0 Å². The van der Waals surface area contributed by atoms with Crippen molar-refractivity contribution >= 4 is 22.9 Å². The number of amides is 1. The highest BCUT2D eigenvalue weighted by atomic mass is 16.5. The van der Waals surface area contributed by atoms with Crippen LogP contribution in [-0.4, -0.2) is 75.0 Å². The Hall–Kier alpha value is -2.09. The van der Waals surface area contributed by atoms with Gasteiger partial charge in [0.1, 0.15) is 0 Å². The van der Waals surface area contributed by atoms with E-state index < -0.39 is 0 Å². The maximum atomic E-state index is 13.7. The molecule has 4 saturated heterocycles. The highest BCUT2D eigenvalue weighted by Crippen LogP contribution is 2.43. The standard InChI is InChI=1S/C25H34N4O3/c1-28-19-3-4-20(28)13-17(12-19)27-16-2-5-23-21(14-16)24(22-15-32-11-8-26-22)25(30)29(23)18-6-9-31-10-7-18/h2,5,14,17-20,26-27H,3-4,6-13,15H2,1H3/b24-22-/t17?,19-,20?/m1/s1. The van der Waals surface area contributed by atoms with Crippen LogP contribution in [0, 0.1) is 0 Å². The van der Waals surface area contributed by atoms with Crippen molar-refractivity contribution < 1.29 is 14.3 Å². The topological polar surface area (TPSA) is 66.1 Å². The SMILES string of the molecule is CN1C2CC[C@@H]1CC(Nc1ccc3c(c1)/C(=C1\COCCN1)C(=O)N3C1CCOCC1)C2. The lowest BCUT2D eigenvalue weighted by atomic mass is 9.97. The summed E-state index contributed by atoms with van der Waals surface area (Å²) in [5.74, 6) is 0.106. The molecule has 2 unspecified atom stereocenters. The number of carbonyl (C=O) groups excluding carboxylic acids is 1. The van der Waals surface area contributed by atoms with Gasteiger partial charge in [0.25, 0.3) is 5.91 Å². The molecule has 5 aliphatic rings. The van der Waals surface area contributed by atoms with Crippen molar-refractivity contribution in [1.82, 2.24) is 10.2 Å². The van der Waals surface area contributed by atoms with E-state index in [4.69, 9.17) is 9.47 Å². The van der Waals surface area contributed by atoms with Gasteiger partial charge in [0.05, 0.1) is 30.2 Å². The van der Waals surface area contributed by atoms with Crippen molar-refractivity contribution in [2.75, 3.05) is 50.2 Å². The first kappa shape index (κ1) is 20.5. The fourth-order valence-electron chi connectivity index (χ4n) is 6.40. The molecule has 1 aromatic rings. The van der Waals surface area contributed by atoms with Gasteiger partial charge < -0.3 is 29.9 Å². The summed E-state index contributed by atoms with van der Waals surface area (Å²) in [6, 6.07) is 8.60. The average Bonchev–Trinajstić information content (AvgIpc) is 3.20. The maximum Gasteiger partial charge on any atom is 0.261 e. The van der Waals surface area contributed by atoms with Crippen LogP contribution in [0.5, 0.6) is 0 Å². The molecular formula is C25H34N4O3. The molecule has 1 amide bonds. The van der Waals surface area contributed by atoms with Gasteiger partial charge in [-0.05, 0) is 63.8 Å². The summed E-state index contributed by atoms with van der Waals surface area (Å²) in [5.41, 5.74) is 4.90. The van der Waals surface area contributed by atoms with Gasteiger partial charge >= 0.3 is 0 Å². The minimum absolute atomic E-state index is 0.106. The molecule has 7 nitrogen and oxygen atoms in total. The number of hydrogen-bond donors (Lipinski definition) is 2. The highest BCUT2D eigenvalue weighted by Gasteiger charge is 2.41. The molecule has 5 heterocycles. The number of ether oxygens (including phenoxy) is 2. The number of rotatable bonds is 3. The van der Waals surface area contributed by atoms with E-state index in [1.807, 2.05) is 4.90 Å². The van der Waals surface area contributed by atoms with Crippen molar-refractivity contribution in [3.63, 3.8) is 0 Å². The van der Waals surface area contributed by atoms with Crippen molar-refractivity contribution in [3.8, 4) is 0 Å². The monoisotopic (exact) mass is 438 g/mol. The van der Waals surface area contributed by atoms with Crippen LogP contribution in [0.1, 0.15) is 44.1 Å². The van der Waals surface area contributed by atoms with Crippen LogP contribution in [0.25, 0.3) is 5.57 Å². The van der Waals surface area contributed by atoms with Gasteiger partial charge in [0.15, 0.2) is 0 Å². The first-order valence-corrected chi connectivity index (χ1v) is 12.3. The minimum Gasteiger partial charge on any atom is -0.383 e. The summed E-state index contributed by atoms with van der Waals surface area (Å²) in [7, 11) is 2.28. The van der Waals surface area contributed by atoms with Crippen LogP contribution in [0.2, 0.25) is 0 Å². The third-order valence-electron chi connectivity index (χ3n) is 8.12. The summed E-state index contributed by atoms with van der Waals surface area (Å²) < 4.78 is 11.3.